The van der Waals surface area contributed by atoms with Crippen molar-refractivity contribution < 1.29 is 9.15 Å². The van der Waals surface area contributed by atoms with Gasteiger partial charge in [-0.3, -0.25) is 0 Å². The van der Waals surface area contributed by atoms with Crippen molar-refractivity contribution in [3.05, 3.63) is 54.0 Å². The summed E-state index contributed by atoms with van der Waals surface area (Å²) in [6.45, 7) is 1.07. The van der Waals surface area contributed by atoms with Crippen molar-refractivity contribution in [1.29, 1.82) is 0 Å². The van der Waals surface area contributed by atoms with Crippen LogP contribution in [0.25, 0.3) is 0 Å². The summed E-state index contributed by atoms with van der Waals surface area (Å²) in [6, 6.07) is 9.66. The van der Waals surface area contributed by atoms with E-state index in [1.807, 2.05) is 30.3 Å². The molecule has 3 nitrogen and oxygen atoms in total. The van der Waals surface area contributed by atoms with Gasteiger partial charge in [-0.1, -0.05) is 18.2 Å². The summed E-state index contributed by atoms with van der Waals surface area (Å²) in [5, 5.41) is 0. The van der Waals surface area contributed by atoms with Gasteiger partial charge in [0.15, 0.2) is 0 Å². The number of ether oxygens (including phenoxy) is 1. The zero-order valence-electron chi connectivity index (χ0n) is 8.65. The van der Waals surface area contributed by atoms with Crippen LogP contribution in [0, 0.1) is 0 Å². The third-order valence-electron chi connectivity index (χ3n) is 2.20. The van der Waals surface area contributed by atoms with Crippen LogP contribution in [-0.4, -0.2) is 0 Å². The van der Waals surface area contributed by atoms with Crippen LogP contribution in [0.3, 0.4) is 0 Å². The Hall–Kier alpha value is -1.45. The summed E-state index contributed by atoms with van der Waals surface area (Å²) in [4.78, 5) is 2.59. The third kappa shape index (κ3) is 2.78. The molecule has 0 bridgehead atoms. The molecule has 84 valence electrons. The lowest BCUT2D eigenvalue weighted by atomic mass is 10.2. The first-order valence-corrected chi connectivity index (χ1v) is 5.33. The Morgan fingerprint density at radius 1 is 1.25 bits per heavy atom. The molecule has 0 aliphatic rings. The van der Waals surface area contributed by atoms with Gasteiger partial charge in [0.1, 0.15) is 12.4 Å². The molecule has 2 aromatic rings. The SMILES string of the molecule is ClNCc1ccccc1OCc1ccoc1. The van der Waals surface area contributed by atoms with Gasteiger partial charge >= 0.3 is 0 Å². The maximum absolute atomic E-state index is 5.68. The number of hydrogen-bond acceptors (Lipinski definition) is 3. The number of rotatable bonds is 5. The van der Waals surface area contributed by atoms with Crippen molar-refractivity contribution in [1.82, 2.24) is 4.84 Å². The number of benzene rings is 1. The Kier molecular flexibility index (Phi) is 3.86. The van der Waals surface area contributed by atoms with Crippen LogP contribution >= 0.6 is 11.8 Å². The molecule has 4 heteroatoms. The van der Waals surface area contributed by atoms with E-state index in [2.05, 4.69) is 4.84 Å². The highest BCUT2D eigenvalue weighted by atomic mass is 35.5. The van der Waals surface area contributed by atoms with E-state index in [0.717, 1.165) is 16.9 Å². The first-order valence-electron chi connectivity index (χ1n) is 4.95. The minimum atomic E-state index is 0.496. The van der Waals surface area contributed by atoms with E-state index >= 15 is 0 Å². The number of hydrogen-bond donors (Lipinski definition) is 1. The van der Waals surface area contributed by atoms with E-state index in [9.17, 15) is 0 Å². The number of furan rings is 1. The Labute approximate surface area is 99.1 Å². The maximum atomic E-state index is 5.68. The fraction of sp³-hybridized carbons (Fsp3) is 0.167. The van der Waals surface area contributed by atoms with Crippen LogP contribution in [0.1, 0.15) is 11.1 Å². The minimum absolute atomic E-state index is 0.496. The van der Waals surface area contributed by atoms with E-state index in [1.54, 1.807) is 12.5 Å². The van der Waals surface area contributed by atoms with Gasteiger partial charge in [-0.15, -0.1) is 0 Å². The van der Waals surface area contributed by atoms with Crippen LogP contribution in [0.4, 0.5) is 0 Å². The highest BCUT2D eigenvalue weighted by Gasteiger charge is 2.02. The molecule has 1 aromatic carbocycles. The molecule has 0 aliphatic carbocycles. The Morgan fingerprint density at radius 3 is 2.88 bits per heavy atom. The second-order valence-electron chi connectivity index (χ2n) is 3.34. The largest absolute Gasteiger partial charge is 0.488 e. The molecule has 0 spiro atoms. The summed E-state index contributed by atoms with van der Waals surface area (Å²) in [6.07, 6.45) is 3.30. The van der Waals surface area contributed by atoms with Crippen molar-refractivity contribution in [2.75, 3.05) is 0 Å². The van der Waals surface area contributed by atoms with Gasteiger partial charge in [0.05, 0.1) is 12.5 Å². The van der Waals surface area contributed by atoms with Crippen LogP contribution in [0.2, 0.25) is 0 Å². The van der Waals surface area contributed by atoms with Crippen LogP contribution in [0.15, 0.2) is 47.3 Å². The molecule has 0 amide bonds. The molecular weight excluding hydrogens is 226 g/mol. The molecule has 0 radical (unpaired) electrons. The molecule has 0 aliphatic heterocycles. The summed E-state index contributed by atoms with van der Waals surface area (Å²) >= 11 is 5.49. The Morgan fingerprint density at radius 2 is 2.12 bits per heavy atom. The minimum Gasteiger partial charge on any atom is -0.488 e. The van der Waals surface area contributed by atoms with Gasteiger partial charge in [-0.05, 0) is 23.9 Å². The van der Waals surface area contributed by atoms with Crippen molar-refractivity contribution in [2.45, 2.75) is 13.2 Å². The normalized spacial score (nSPS) is 10.3. The molecule has 1 N–H and O–H groups in total. The van der Waals surface area contributed by atoms with E-state index in [4.69, 9.17) is 20.9 Å². The second kappa shape index (κ2) is 5.58. The molecule has 0 saturated carbocycles. The third-order valence-corrected chi connectivity index (χ3v) is 2.34. The topological polar surface area (TPSA) is 34.4 Å². The van der Waals surface area contributed by atoms with Crippen LogP contribution in [0.5, 0.6) is 5.75 Å². The second-order valence-corrected chi connectivity index (χ2v) is 3.61. The molecule has 0 saturated heterocycles. The van der Waals surface area contributed by atoms with Crippen LogP contribution < -0.4 is 9.57 Å². The number of halogens is 1. The van der Waals surface area contributed by atoms with Crippen molar-refractivity contribution in [3.8, 4) is 5.75 Å². The molecular formula is C12H12ClNO2. The molecule has 1 heterocycles. The van der Waals surface area contributed by atoms with E-state index in [1.165, 1.54) is 0 Å². The predicted molar refractivity (Wildman–Crippen MR) is 62.2 cm³/mol. The van der Waals surface area contributed by atoms with Gasteiger partial charge in [-0.25, -0.2) is 4.84 Å². The Balaban J connectivity index is 2.03. The van der Waals surface area contributed by atoms with Crippen molar-refractivity contribution >= 4 is 11.8 Å². The summed E-state index contributed by atoms with van der Waals surface area (Å²) in [7, 11) is 0. The lowest BCUT2D eigenvalue weighted by molar-refractivity contribution is 0.301. The van der Waals surface area contributed by atoms with Crippen molar-refractivity contribution in [3.63, 3.8) is 0 Å². The van der Waals surface area contributed by atoms with Gasteiger partial charge in [0, 0.05) is 17.7 Å². The van der Waals surface area contributed by atoms with E-state index in [-0.39, 0.29) is 0 Å². The van der Waals surface area contributed by atoms with Gasteiger partial charge in [0.25, 0.3) is 0 Å². The first kappa shape index (κ1) is 11.0. The molecule has 2 rings (SSSR count). The van der Waals surface area contributed by atoms with Crippen LogP contribution in [-0.2, 0) is 13.2 Å². The zero-order chi connectivity index (χ0) is 11.2. The first-order chi connectivity index (χ1) is 7.90. The molecule has 16 heavy (non-hydrogen) atoms. The highest BCUT2D eigenvalue weighted by molar-refractivity contribution is 6.13. The fourth-order valence-electron chi connectivity index (χ4n) is 1.40. The smallest absolute Gasteiger partial charge is 0.124 e. The highest BCUT2D eigenvalue weighted by Crippen LogP contribution is 2.19. The monoisotopic (exact) mass is 237 g/mol. The molecule has 1 aromatic heterocycles. The maximum Gasteiger partial charge on any atom is 0.124 e. The molecule has 0 atom stereocenters. The van der Waals surface area contributed by atoms with E-state index < -0.39 is 0 Å². The summed E-state index contributed by atoms with van der Waals surface area (Å²) < 4.78 is 10.6. The van der Waals surface area contributed by atoms with Gasteiger partial charge in [-0.2, -0.15) is 0 Å². The van der Waals surface area contributed by atoms with Gasteiger partial charge < -0.3 is 9.15 Å². The zero-order valence-corrected chi connectivity index (χ0v) is 9.41. The quantitative estimate of drug-likeness (QED) is 0.812. The summed E-state index contributed by atoms with van der Waals surface area (Å²) in [5.74, 6) is 0.830. The van der Waals surface area contributed by atoms with E-state index in [0.29, 0.717) is 13.2 Å². The Bertz CT molecular complexity index is 428. The number of para-hydroxylation sites is 1. The average molecular weight is 238 g/mol. The predicted octanol–water partition coefficient (Wildman–Crippen LogP) is 3.10. The molecule has 0 unspecified atom stereocenters. The standard InChI is InChI=1S/C12H12ClNO2/c13-14-7-11-3-1-2-4-12(11)16-9-10-5-6-15-8-10/h1-6,8,14H,7,9H2. The lowest BCUT2D eigenvalue weighted by Gasteiger charge is -2.09. The summed E-state index contributed by atoms with van der Waals surface area (Å²) in [5.41, 5.74) is 2.04. The van der Waals surface area contributed by atoms with Gasteiger partial charge in [0.2, 0.25) is 0 Å². The van der Waals surface area contributed by atoms with Crippen molar-refractivity contribution in [2.24, 2.45) is 0 Å². The fourth-order valence-corrected chi connectivity index (χ4v) is 1.54. The molecule has 0 fully saturated rings. The lowest BCUT2D eigenvalue weighted by Crippen LogP contribution is -2.02. The number of nitrogens with one attached hydrogen (secondary N) is 1. The average Bonchev–Trinajstić information content (AvgIpc) is 2.81.